The van der Waals surface area contributed by atoms with Crippen molar-refractivity contribution in [3.63, 3.8) is 0 Å². The number of ether oxygens (including phenoxy) is 1. The molecule has 110 valence electrons. The van der Waals surface area contributed by atoms with Crippen molar-refractivity contribution in [1.82, 2.24) is 4.90 Å². The van der Waals surface area contributed by atoms with Crippen LogP contribution in [0.4, 0.5) is 0 Å². The van der Waals surface area contributed by atoms with E-state index in [1.165, 1.54) is 4.90 Å². The summed E-state index contributed by atoms with van der Waals surface area (Å²) in [5, 5.41) is 9.61. The summed E-state index contributed by atoms with van der Waals surface area (Å²) in [6.07, 6.45) is 0.985. The molecule has 0 aliphatic heterocycles. The molecule has 0 aliphatic rings. The van der Waals surface area contributed by atoms with Gasteiger partial charge in [-0.3, -0.25) is 9.59 Å². The van der Waals surface area contributed by atoms with E-state index in [0.717, 1.165) is 5.56 Å². The molecule has 0 fully saturated rings. The largest absolute Gasteiger partial charge is 0.508 e. The molecule has 0 bridgehead atoms. The topological polar surface area (TPSA) is 66.8 Å². The minimum absolute atomic E-state index is 0.0578. The number of hydrogen-bond acceptors (Lipinski definition) is 4. The smallest absolute Gasteiger partial charge is 0.307 e. The van der Waals surface area contributed by atoms with Gasteiger partial charge in [0.2, 0.25) is 5.91 Å². The Balaban J connectivity index is 2.35. The summed E-state index contributed by atoms with van der Waals surface area (Å²) < 4.78 is 4.81. The number of carbonyl (C=O) groups excluding carboxylic acids is 2. The second-order valence-corrected chi connectivity index (χ2v) is 4.50. The number of nitrogens with zero attached hydrogens (tertiary/aromatic N) is 1. The van der Waals surface area contributed by atoms with Crippen LogP contribution in [0.3, 0.4) is 0 Å². The fraction of sp³-hybridized carbons (Fsp3) is 0.467. The van der Waals surface area contributed by atoms with Gasteiger partial charge in [-0.15, -0.1) is 0 Å². The number of amides is 1. The molecule has 20 heavy (non-hydrogen) atoms. The first-order valence-corrected chi connectivity index (χ1v) is 6.71. The average Bonchev–Trinajstić information content (AvgIpc) is 2.44. The van der Waals surface area contributed by atoms with Crippen molar-refractivity contribution >= 4 is 11.9 Å². The number of phenols is 1. The Morgan fingerprint density at radius 1 is 1.25 bits per heavy atom. The second kappa shape index (κ2) is 8.19. The molecule has 0 aromatic heterocycles. The van der Waals surface area contributed by atoms with Gasteiger partial charge in [-0.2, -0.15) is 0 Å². The zero-order chi connectivity index (χ0) is 15.0. The molecule has 0 heterocycles. The maximum absolute atomic E-state index is 11.9. The van der Waals surface area contributed by atoms with Gasteiger partial charge in [-0.25, -0.2) is 0 Å². The fourth-order valence-electron chi connectivity index (χ4n) is 1.77. The summed E-state index contributed by atoms with van der Waals surface area (Å²) >= 11 is 0. The van der Waals surface area contributed by atoms with E-state index in [0.29, 0.717) is 26.0 Å². The molecule has 1 aromatic rings. The van der Waals surface area contributed by atoms with Gasteiger partial charge in [0.05, 0.1) is 13.0 Å². The van der Waals surface area contributed by atoms with Crippen LogP contribution in [0, 0.1) is 0 Å². The van der Waals surface area contributed by atoms with Gasteiger partial charge in [0.25, 0.3) is 0 Å². The lowest BCUT2D eigenvalue weighted by atomic mass is 10.1. The SMILES string of the molecule is CCOC(=O)CCN(C)C(=O)CCc1ccccc1O. The molecule has 5 heteroatoms. The van der Waals surface area contributed by atoms with E-state index in [-0.39, 0.29) is 24.0 Å². The summed E-state index contributed by atoms with van der Waals surface area (Å²) in [7, 11) is 1.66. The van der Waals surface area contributed by atoms with Crippen molar-refractivity contribution in [3.05, 3.63) is 29.8 Å². The lowest BCUT2D eigenvalue weighted by molar-refractivity contribution is -0.143. The van der Waals surface area contributed by atoms with Gasteiger partial charge in [-0.05, 0) is 25.0 Å². The highest BCUT2D eigenvalue weighted by atomic mass is 16.5. The van der Waals surface area contributed by atoms with Crippen LogP contribution in [0.2, 0.25) is 0 Å². The highest BCUT2D eigenvalue weighted by Gasteiger charge is 2.12. The molecule has 1 aromatic carbocycles. The average molecular weight is 279 g/mol. The lowest BCUT2D eigenvalue weighted by Crippen LogP contribution is -2.29. The van der Waals surface area contributed by atoms with Crippen LogP contribution >= 0.6 is 0 Å². The third-order valence-electron chi connectivity index (χ3n) is 2.98. The van der Waals surface area contributed by atoms with Crippen molar-refractivity contribution in [1.29, 1.82) is 0 Å². The first kappa shape index (κ1) is 16.0. The summed E-state index contributed by atoms with van der Waals surface area (Å²) in [4.78, 5) is 24.6. The quantitative estimate of drug-likeness (QED) is 0.772. The third-order valence-corrected chi connectivity index (χ3v) is 2.98. The second-order valence-electron chi connectivity index (χ2n) is 4.50. The summed E-state index contributed by atoms with van der Waals surface area (Å²) in [5.74, 6) is -0.153. The van der Waals surface area contributed by atoms with E-state index in [9.17, 15) is 14.7 Å². The molecule has 1 N–H and O–H groups in total. The first-order valence-electron chi connectivity index (χ1n) is 6.71. The van der Waals surface area contributed by atoms with Gasteiger partial charge in [-0.1, -0.05) is 18.2 Å². The zero-order valence-corrected chi connectivity index (χ0v) is 12.0. The van der Waals surface area contributed by atoms with Gasteiger partial charge >= 0.3 is 5.97 Å². The molecular weight excluding hydrogens is 258 g/mol. The number of para-hydroxylation sites is 1. The van der Waals surface area contributed by atoms with Crippen LogP contribution in [0.5, 0.6) is 5.75 Å². The zero-order valence-electron chi connectivity index (χ0n) is 12.0. The van der Waals surface area contributed by atoms with Gasteiger partial charge in [0.15, 0.2) is 0 Å². The molecule has 0 radical (unpaired) electrons. The Bertz CT molecular complexity index is 459. The van der Waals surface area contributed by atoms with Crippen molar-refractivity contribution in [2.24, 2.45) is 0 Å². The number of rotatable bonds is 7. The van der Waals surface area contributed by atoms with Crippen molar-refractivity contribution in [3.8, 4) is 5.75 Å². The summed E-state index contributed by atoms with van der Waals surface area (Å²) in [6.45, 7) is 2.45. The minimum Gasteiger partial charge on any atom is -0.508 e. The van der Waals surface area contributed by atoms with Crippen LogP contribution in [0.25, 0.3) is 0 Å². The van der Waals surface area contributed by atoms with Crippen molar-refractivity contribution in [2.45, 2.75) is 26.2 Å². The monoisotopic (exact) mass is 279 g/mol. The van der Waals surface area contributed by atoms with E-state index >= 15 is 0 Å². The van der Waals surface area contributed by atoms with Crippen LogP contribution < -0.4 is 0 Å². The Morgan fingerprint density at radius 3 is 2.60 bits per heavy atom. The Labute approximate surface area is 119 Å². The van der Waals surface area contributed by atoms with Gasteiger partial charge < -0.3 is 14.7 Å². The van der Waals surface area contributed by atoms with Crippen LogP contribution in [0.15, 0.2) is 24.3 Å². The van der Waals surface area contributed by atoms with E-state index in [2.05, 4.69) is 0 Å². The molecule has 0 saturated carbocycles. The number of esters is 1. The van der Waals surface area contributed by atoms with Crippen molar-refractivity contribution < 1.29 is 19.4 Å². The maximum atomic E-state index is 11.9. The molecule has 1 rings (SSSR count). The maximum Gasteiger partial charge on any atom is 0.307 e. The Hall–Kier alpha value is -2.04. The Kier molecular flexibility index (Phi) is 6.56. The lowest BCUT2D eigenvalue weighted by Gasteiger charge is -2.16. The highest BCUT2D eigenvalue weighted by molar-refractivity contribution is 5.77. The molecule has 0 aliphatic carbocycles. The minimum atomic E-state index is -0.298. The number of benzene rings is 1. The highest BCUT2D eigenvalue weighted by Crippen LogP contribution is 2.17. The standard InChI is InChI=1S/C15H21NO4/c1-3-20-15(19)10-11-16(2)14(18)9-8-12-6-4-5-7-13(12)17/h4-7,17H,3,8-11H2,1-2H3. The van der Waals surface area contributed by atoms with Crippen molar-refractivity contribution in [2.75, 3.05) is 20.2 Å². The summed E-state index contributed by atoms with van der Waals surface area (Å²) in [5.41, 5.74) is 0.750. The van der Waals surface area contributed by atoms with Gasteiger partial charge in [0, 0.05) is 20.0 Å². The van der Waals surface area contributed by atoms with Crippen LogP contribution in [-0.2, 0) is 20.7 Å². The van der Waals surface area contributed by atoms with Crippen LogP contribution in [0.1, 0.15) is 25.3 Å². The van der Waals surface area contributed by atoms with E-state index < -0.39 is 0 Å². The Morgan fingerprint density at radius 2 is 1.95 bits per heavy atom. The normalized spacial score (nSPS) is 10.1. The molecule has 0 atom stereocenters. The molecule has 1 amide bonds. The number of aryl methyl sites for hydroxylation is 1. The van der Waals surface area contributed by atoms with E-state index in [1.807, 2.05) is 6.07 Å². The third kappa shape index (κ3) is 5.30. The van der Waals surface area contributed by atoms with Crippen LogP contribution in [-0.4, -0.2) is 42.1 Å². The molecule has 0 spiro atoms. The first-order chi connectivity index (χ1) is 9.54. The number of aromatic hydroxyl groups is 1. The number of phenolic OH excluding ortho intramolecular Hbond substituents is 1. The number of hydrogen-bond donors (Lipinski definition) is 1. The number of carbonyl (C=O) groups is 2. The van der Waals surface area contributed by atoms with E-state index in [4.69, 9.17) is 4.74 Å². The molecule has 5 nitrogen and oxygen atoms in total. The fourth-order valence-corrected chi connectivity index (χ4v) is 1.77. The van der Waals surface area contributed by atoms with Gasteiger partial charge in [0.1, 0.15) is 5.75 Å². The molecule has 0 saturated heterocycles. The predicted molar refractivity (Wildman–Crippen MR) is 75.3 cm³/mol. The van der Waals surface area contributed by atoms with E-state index in [1.54, 1.807) is 32.2 Å². The predicted octanol–water partition coefficient (Wildman–Crippen LogP) is 1.74. The summed E-state index contributed by atoms with van der Waals surface area (Å²) in [6, 6.07) is 6.96. The molecule has 0 unspecified atom stereocenters. The molecular formula is C15H21NO4.